The molecule has 1 aliphatic heterocycles. The molecule has 20 heavy (non-hydrogen) atoms. The number of thiophene rings is 1. The van der Waals surface area contributed by atoms with Crippen molar-refractivity contribution in [2.24, 2.45) is 5.73 Å². The van der Waals surface area contributed by atoms with Gasteiger partial charge in [-0.15, -0.1) is 11.3 Å². The van der Waals surface area contributed by atoms with Crippen LogP contribution in [0.5, 0.6) is 11.5 Å². The van der Waals surface area contributed by atoms with Crippen molar-refractivity contribution in [2.45, 2.75) is 6.04 Å². The molecule has 0 saturated carbocycles. The van der Waals surface area contributed by atoms with Crippen LogP contribution in [0.1, 0.15) is 17.2 Å². The lowest BCUT2D eigenvalue weighted by Gasteiger charge is -2.22. The molecule has 1 aliphatic rings. The minimum Gasteiger partial charge on any atom is -0.486 e. The van der Waals surface area contributed by atoms with Crippen molar-refractivity contribution in [1.29, 1.82) is 0 Å². The molecule has 0 aliphatic carbocycles. The normalized spacial score (nSPS) is 15.2. The number of rotatable bonds is 2. The molecule has 0 fully saturated rings. The maximum atomic E-state index is 6.30. The highest BCUT2D eigenvalue weighted by atomic mass is 79.9. The van der Waals surface area contributed by atoms with Crippen molar-refractivity contribution < 1.29 is 9.47 Å². The van der Waals surface area contributed by atoms with E-state index in [-0.39, 0.29) is 6.04 Å². The highest BCUT2D eigenvalue weighted by molar-refractivity contribution is 9.10. The molecule has 0 radical (unpaired) electrons. The van der Waals surface area contributed by atoms with E-state index in [9.17, 15) is 0 Å². The second kappa shape index (κ2) is 5.73. The van der Waals surface area contributed by atoms with E-state index in [1.54, 1.807) is 6.07 Å². The number of ether oxygens (including phenoxy) is 2. The summed E-state index contributed by atoms with van der Waals surface area (Å²) in [5.74, 6) is 1.41. The van der Waals surface area contributed by atoms with E-state index in [0.29, 0.717) is 33.4 Å². The molecular formula is C13H10BrCl2NO2S. The van der Waals surface area contributed by atoms with E-state index in [1.165, 1.54) is 11.3 Å². The molecule has 1 unspecified atom stereocenters. The predicted octanol–water partition coefficient (Wildman–Crippen LogP) is 4.64. The van der Waals surface area contributed by atoms with Gasteiger partial charge in [0.2, 0.25) is 0 Å². The molecule has 1 aromatic carbocycles. The van der Waals surface area contributed by atoms with Crippen LogP contribution in [0.2, 0.25) is 8.67 Å². The zero-order valence-electron chi connectivity index (χ0n) is 10.2. The van der Waals surface area contributed by atoms with Gasteiger partial charge in [-0.25, -0.2) is 0 Å². The summed E-state index contributed by atoms with van der Waals surface area (Å²) in [5, 5.41) is 0. The first-order valence-electron chi connectivity index (χ1n) is 5.85. The van der Waals surface area contributed by atoms with Crippen molar-refractivity contribution >= 4 is 50.5 Å². The minimum absolute atomic E-state index is 0.378. The Morgan fingerprint density at radius 1 is 1.10 bits per heavy atom. The first-order valence-corrected chi connectivity index (χ1v) is 8.22. The van der Waals surface area contributed by atoms with Gasteiger partial charge in [-0.3, -0.25) is 0 Å². The van der Waals surface area contributed by atoms with Crippen molar-refractivity contribution in [3.63, 3.8) is 0 Å². The molecule has 2 aromatic rings. The lowest BCUT2D eigenvalue weighted by atomic mass is 10.0. The first kappa shape index (κ1) is 14.5. The molecule has 7 heteroatoms. The summed E-state index contributed by atoms with van der Waals surface area (Å²) in [7, 11) is 0. The molecule has 2 N–H and O–H groups in total. The number of nitrogens with two attached hydrogens (primary N) is 1. The molecule has 1 atom stereocenters. The Kier molecular flexibility index (Phi) is 4.15. The fourth-order valence-electron chi connectivity index (χ4n) is 2.05. The van der Waals surface area contributed by atoms with E-state index in [4.69, 9.17) is 38.4 Å². The third-order valence-corrected chi connectivity index (χ3v) is 5.22. The Morgan fingerprint density at radius 3 is 2.35 bits per heavy atom. The van der Waals surface area contributed by atoms with Gasteiger partial charge in [-0.05, 0) is 23.8 Å². The van der Waals surface area contributed by atoms with E-state index >= 15 is 0 Å². The number of fused-ring (bicyclic) bond motifs is 1. The monoisotopic (exact) mass is 393 g/mol. The van der Waals surface area contributed by atoms with Gasteiger partial charge in [0.05, 0.1) is 14.7 Å². The van der Waals surface area contributed by atoms with Crippen LogP contribution in [0.15, 0.2) is 22.7 Å². The summed E-state index contributed by atoms with van der Waals surface area (Å²) in [5.41, 5.74) is 7.99. The maximum absolute atomic E-state index is 6.30. The van der Waals surface area contributed by atoms with Crippen molar-refractivity contribution in [3.05, 3.63) is 42.5 Å². The maximum Gasteiger partial charge on any atom is 0.162 e. The standard InChI is InChI=1S/C13H10BrCl2NO2S/c14-8-5-10-9(18-1-2-19-10)3-6(8)12(17)7-4-11(15)20-13(7)16/h3-5,12H,1-2,17H2. The first-order chi connectivity index (χ1) is 9.56. The fourth-order valence-corrected chi connectivity index (χ4v) is 4.17. The zero-order valence-corrected chi connectivity index (χ0v) is 14.1. The summed E-state index contributed by atoms with van der Waals surface area (Å²) in [4.78, 5) is 0. The predicted molar refractivity (Wildman–Crippen MR) is 85.5 cm³/mol. The molecule has 3 nitrogen and oxygen atoms in total. The average molecular weight is 395 g/mol. The van der Waals surface area contributed by atoms with Crippen molar-refractivity contribution in [1.82, 2.24) is 0 Å². The van der Waals surface area contributed by atoms with Gasteiger partial charge in [-0.2, -0.15) is 0 Å². The zero-order chi connectivity index (χ0) is 14.3. The van der Waals surface area contributed by atoms with Crippen LogP contribution in [0, 0.1) is 0 Å². The molecule has 0 spiro atoms. The van der Waals surface area contributed by atoms with Crippen LogP contribution in [-0.2, 0) is 0 Å². The summed E-state index contributed by atoms with van der Waals surface area (Å²) in [6, 6.07) is 5.16. The molecule has 2 heterocycles. The second-order valence-electron chi connectivity index (χ2n) is 4.27. The number of benzene rings is 1. The van der Waals surface area contributed by atoms with Gasteiger partial charge < -0.3 is 15.2 Å². The number of hydrogen-bond donors (Lipinski definition) is 1. The third-order valence-electron chi connectivity index (χ3n) is 3.01. The Bertz CT molecular complexity index is 662. The Morgan fingerprint density at radius 2 is 1.75 bits per heavy atom. The van der Waals surface area contributed by atoms with Crippen molar-refractivity contribution in [2.75, 3.05) is 13.2 Å². The van der Waals surface area contributed by atoms with Crippen LogP contribution in [-0.4, -0.2) is 13.2 Å². The van der Waals surface area contributed by atoms with Crippen LogP contribution in [0.3, 0.4) is 0 Å². The molecular weight excluding hydrogens is 385 g/mol. The Balaban J connectivity index is 2.03. The van der Waals surface area contributed by atoms with Gasteiger partial charge in [0, 0.05) is 10.0 Å². The van der Waals surface area contributed by atoms with Crippen LogP contribution < -0.4 is 15.2 Å². The molecule has 106 valence electrons. The number of halogens is 3. The van der Waals surface area contributed by atoms with E-state index < -0.39 is 0 Å². The topological polar surface area (TPSA) is 44.5 Å². The summed E-state index contributed by atoms with van der Waals surface area (Å²) in [6.45, 7) is 1.09. The second-order valence-corrected chi connectivity index (χ2v) is 7.41. The average Bonchev–Trinajstić information content (AvgIpc) is 2.76. The van der Waals surface area contributed by atoms with Crippen molar-refractivity contribution in [3.8, 4) is 11.5 Å². The van der Waals surface area contributed by atoms with Gasteiger partial charge in [0.25, 0.3) is 0 Å². The molecule has 0 saturated heterocycles. The highest BCUT2D eigenvalue weighted by Gasteiger charge is 2.22. The van der Waals surface area contributed by atoms with E-state index in [0.717, 1.165) is 15.6 Å². The van der Waals surface area contributed by atoms with Gasteiger partial charge in [-0.1, -0.05) is 39.1 Å². The lowest BCUT2D eigenvalue weighted by molar-refractivity contribution is 0.171. The van der Waals surface area contributed by atoms with E-state index in [2.05, 4.69) is 15.9 Å². The molecule has 0 amide bonds. The highest BCUT2D eigenvalue weighted by Crippen LogP contribution is 2.42. The summed E-state index contributed by atoms with van der Waals surface area (Å²) < 4.78 is 13.2. The fraction of sp³-hybridized carbons (Fsp3) is 0.231. The summed E-state index contributed by atoms with van der Waals surface area (Å²) >= 11 is 17.0. The SMILES string of the molecule is NC(c1cc2c(cc1Br)OCCO2)c1cc(Cl)sc1Cl. The molecule has 1 aromatic heterocycles. The third kappa shape index (κ3) is 2.65. The van der Waals surface area contributed by atoms with Gasteiger partial charge >= 0.3 is 0 Å². The Hall–Kier alpha value is -0.460. The van der Waals surface area contributed by atoms with Crippen LogP contribution in [0.4, 0.5) is 0 Å². The van der Waals surface area contributed by atoms with Crippen LogP contribution in [0.25, 0.3) is 0 Å². The lowest BCUT2D eigenvalue weighted by Crippen LogP contribution is -2.17. The van der Waals surface area contributed by atoms with Crippen LogP contribution >= 0.6 is 50.5 Å². The molecule has 0 bridgehead atoms. The minimum atomic E-state index is -0.378. The molecule has 3 rings (SSSR count). The Labute approximate surface area is 138 Å². The number of hydrogen-bond acceptors (Lipinski definition) is 4. The van der Waals surface area contributed by atoms with Gasteiger partial charge in [0.15, 0.2) is 11.5 Å². The van der Waals surface area contributed by atoms with E-state index in [1.807, 2.05) is 12.1 Å². The van der Waals surface area contributed by atoms with Gasteiger partial charge in [0.1, 0.15) is 13.2 Å². The smallest absolute Gasteiger partial charge is 0.162 e. The largest absolute Gasteiger partial charge is 0.486 e. The quantitative estimate of drug-likeness (QED) is 0.806. The summed E-state index contributed by atoms with van der Waals surface area (Å²) in [6.07, 6.45) is 0.